The summed E-state index contributed by atoms with van der Waals surface area (Å²) in [5, 5.41) is 0. The molecule has 0 nitrogen and oxygen atoms in total. The van der Waals surface area contributed by atoms with Crippen molar-refractivity contribution in [2.45, 2.75) is 13.3 Å². The van der Waals surface area contributed by atoms with Crippen molar-refractivity contribution in [2.24, 2.45) is 0 Å². The van der Waals surface area contributed by atoms with Crippen LogP contribution in [0.25, 0.3) is 0 Å². The van der Waals surface area contributed by atoms with Crippen molar-refractivity contribution in [3.63, 3.8) is 0 Å². The first-order valence-corrected chi connectivity index (χ1v) is 2.96. The molecule has 0 bridgehead atoms. The summed E-state index contributed by atoms with van der Waals surface area (Å²) in [6.07, 6.45) is 7.83. The van der Waals surface area contributed by atoms with Gasteiger partial charge in [0, 0.05) is 0 Å². The Balaban J connectivity index is 2.43. The van der Waals surface area contributed by atoms with Gasteiger partial charge < -0.3 is 0 Å². The van der Waals surface area contributed by atoms with Gasteiger partial charge in [0.15, 0.2) is 0 Å². The minimum Gasteiger partial charge on any atom is -0.0795 e. The highest BCUT2D eigenvalue weighted by Crippen LogP contribution is 2.35. The van der Waals surface area contributed by atoms with Crippen molar-refractivity contribution in [1.82, 2.24) is 0 Å². The lowest BCUT2D eigenvalue weighted by Gasteiger charge is -2.13. The molecule has 0 heteroatoms. The molecular formula is C8H8. The molecule has 0 aromatic rings. The summed E-state index contributed by atoms with van der Waals surface area (Å²) in [5.41, 5.74) is 4.50. The predicted octanol–water partition coefficient (Wildman–Crippen LogP) is 2.20. The van der Waals surface area contributed by atoms with Gasteiger partial charge >= 0.3 is 0 Å². The molecule has 2 aliphatic rings. The third-order valence-corrected chi connectivity index (χ3v) is 1.82. The molecule has 0 unspecified atom stereocenters. The molecular weight excluding hydrogens is 96.1 g/mol. The number of hydrogen-bond acceptors (Lipinski definition) is 0. The minimum atomic E-state index is 1.18. The van der Waals surface area contributed by atoms with Crippen molar-refractivity contribution in [3.05, 3.63) is 34.9 Å². The van der Waals surface area contributed by atoms with Crippen molar-refractivity contribution >= 4 is 0 Å². The predicted molar refractivity (Wildman–Crippen MR) is 34.5 cm³/mol. The summed E-state index contributed by atoms with van der Waals surface area (Å²) in [4.78, 5) is 0. The first-order chi connectivity index (χ1) is 3.88. The zero-order valence-electron chi connectivity index (χ0n) is 4.94. The molecule has 0 amide bonds. The second-order valence-electron chi connectivity index (χ2n) is 2.37. The van der Waals surface area contributed by atoms with Crippen LogP contribution in [0.3, 0.4) is 0 Å². The van der Waals surface area contributed by atoms with Gasteiger partial charge in [0.1, 0.15) is 0 Å². The molecule has 2 rings (SSSR count). The van der Waals surface area contributed by atoms with Gasteiger partial charge in [-0.1, -0.05) is 18.2 Å². The summed E-state index contributed by atoms with van der Waals surface area (Å²) >= 11 is 0. The molecule has 0 atom stereocenters. The van der Waals surface area contributed by atoms with Crippen molar-refractivity contribution in [1.29, 1.82) is 0 Å². The maximum atomic E-state index is 2.23. The van der Waals surface area contributed by atoms with E-state index in [9.17, 15) is 0 Å². The molecule has 0 spiro atoms. The van der Waals surface area contributed by atoms with E-state index in [4.69, 9.17) is 0 Å². The standard InChI is InChI=1S/C8H8/c1-6-5-7-3-2-4-8(6)7/h2-3,5H,4H2,1H3. The molecule has 0 saturated carbocycles. The van der Waals surface area contributed by atoms with Crippen LogP contribution in [0.15, 0.2) is 34.9 Å². The second-order valence-corrected chi connectivity index (χ2v) is 2.37. The molecule has 0 aromatic carbocycles. The third kappa shape index (κ3) is 0.313. The molecule has 0 radical (unpaired) electrons. The Labute approximate surface area is 49.2 Å². The van der Waals surface area contributed by atoms with E-state index in [0.29, 0.717) is 0 Å². The molecule has 0 N–H and O–H groups in total. The summed E-state index contributed by atoms with van der Waals surface area (Å²) in [6, 6.07) is 0. The lowest BCUT2D eigenvalue weighted by molar-refractivity contribution is 1.19. The lowest BCUT2D eigenvalue weighted by Crippen LogP contribution is -1.94. The van der Waals surface area contributed by atoms with E-state index in [1.54, 1.807) is 5.57 Å². The van der Waals surface area contributed by atoms with Crippen LogP contribution in [0.4, 0.5) is 0 Å². The second kappa shape index (κ2) is 1.13. The molecule has 2 aliphatic carbocycles. The zero-order chi connectivity index (χ0) is 5.56. The molecule has 0 heterocycles. The Kier molecular flexibility index (Phi) is 0.587. The van der Waals surface area contributed by atoms with Crippen LogP contribution >= 0.6 is 0 Å². The Bertz CT molecular complexity index is 214. The summed E-state index contributed by atoms with van der Waals surface area (Å²) in [7, 11) is 0. The SMILES string of the molecule is CC1=C2CC=CC2=C1. The summed E-state index contributed by atoms with van der Waals surface area (Å²) in [5.74, 6) is 0. The Morgan fingerprint density at radius 3 is 2.88 bits per heavy atom. The maximum absolute atomic E-state index is 2.23. The summed E-state index contributed by atoms with van der Waals surface area (Å²) < 4.78 is 0. The average Bonchev–Trinajstić information content (AvgIpc) is 2.09. The van der Waals surface area contributed by atoms with Gasteiger partial charge in [-0.2, -0.15) is 0 Å². The van der Waals surface area contributed by atoms with Gasteiger partial charge in [-0.05, 0) is 30.1 Å². The van der Waals surface area contributed by atoms with E-state index in [1.165, 1.54) is 17.6 Å². The fraction of sp³-hybridized carbons (Fsp3) is 0.250. The molecule has 0 saturated heterocycles. The number of allylic oxidation sites excluding steroid dienone is 6. The van der Waals surface area contributed by atoms with Gasteiger partial charge in [0.05, 0.1) is 0 Å². The van der Waals surface area contributed by atoms with Crippen LogP contribution in [0, 0.1) is 0 Å². The Morgan fingerprint density at radius 2 is 2.38 bits per heavy atom. The molecule has 0 fully saturated rings. The molecule has 40 valence electrons. The topological polar surface area (TPSA) is 0 Å². The first kappa shape index (κ1) is 4.13. The quantitative estimate of drug-likeness (QED) is 0.442. The average molecular weight is 104 g/mol. The van der Waals surface area contributed by atoms with Crippen LogP contribution in [0.1, 0.15) is 13.3 Å². The largest absolute Gasteiger partial charge is 0.0795 e. The van der Waals surface area contributed by atoms with Gasteiger partial charge in [0.2, 0.25) is 0 Å². The van der Waals surface area contributed by atoms with Crippen molar-refractivity contribution in [3.8, 4) is 0 Å². The van der Waals surface area contributed by atoms with Gasteiger partial charge in [-0.25, -0.2) is 0 Å². The lowest BCUT2D eigenvalue weighted by atomic mass is 9.92. The van der Waals surface area contributed by atoms with E-state index >= 15 is 0 Å². The molecule has 0 aliphatic heterocycles. The van der Waals surface area contributed by atoms with Crippen LogP contribution < -0.4 is 0 Å². The van der Waals surface area contributed by atoms with Crippen LogP contribution in [0.5, 0.6) is 0 Å². The highest BCUT2D eigenvalue weighted by atomic mass is 14.2. The minimum absolute atomic E-state index is 1.18. The van der Waals surface area contributed by atoms with Crippen molar-refractivity contribution in [2.75, 3.05) is 0 Å². The zero-order valence-corrected chi connectivity index (χ0v) is 4.94. The fourth-order valence-electron chi connectivity index (χ4n) is 1.29. The van der Waals surface area contributed by atoms with E-state index in [-0.39, 0.29) is 0 Å². The van der Waals surface area contributed by atoms with Crippen molar-refractivity contribution < 1.29 is 0 Å². The van der Waals surface area contributed by atoms with E-state index < -0.39 is 0 Å². The molecule has 0 aromatic heterocycles. The van der Waals surface area contributed by atoms with E-state index in [0.717, 1.165) is 0 Å². The summed E-state index contributed by atoms with van der Waals surface area (Å²) in [6.45, 7) is 2.17. The maximum Gasteiger partial charge on any atom is -0.00855 e. The smallest absolute Gasteiger partial charge is 0.00855 e. The van der Waals surface area contributed by atoms with Crippen LogP contribution in [0.2, 0.25) is 0 Å². The van der Waals surface area contributed by atoms with E-state index in [2.05, 4.69) is 25.2 Å². The number of fused-ring (bicyclic) bond motifs is 1. The van der Waals surface area contributed by atoms with Gasteiger partial charge in [-0.15, -0.1) is 0 Å². The fourth-order valence-corrected chi connectivity index (χ4v) is 1.29. The van der Waals surface area contributed by atoms with Gasteiger partial charge in [-0.3, -0.25) is 0 Å². The highest BCUT2D eigenvalue weighted by Gasteiger charge is 2.16. The Hall–Kier alpha value is -0.780. The molecule has 8 heavy (non-hydrogen) atoms. The Morgan fingerprint density at radius 1 is 1.50 bits per heavy atom. The van der Waals surface area contributed by atoms with Gasteiger partial charge in [0.25, 0.3) is 0 Å². The van der Waals surface area contributed by atoms with Crippen LogP contribution in [-0.4, -0.2) is 0 Å². The highest BCUT2D eigenvalue weighted by molar-refractivity contribution is 5.61. The monoisotopic (exact) mass is 104 g/mol. The number of hydrogen-bond donors (Lipinski definition) is 0. The third-order valence-electron chi connectivity index (χ3n) is 1.82. The normalized spacial score (nSPS) is 22.9. The van der Waals surface area contributed by atoms with Crippen LogP contribution in [-0.2, 0) is 0 Å². The van der Waals surface area contributed by atoms with E-state index in [1.807, 2.05) is 0 Å². The number of rotatable bonds is 0. The first-order valence-electron chi connectivity index (χ1n) is 2.96.